The standard InChI is InChI=1S/C19H17N5O3/c1-26-16-9-14-15(10-17(16)27-2)21-11-22-19(14)24-13-5-3-4-12(8-13)23-18(25)6-7-20/h3-5,8-11H,6H2,1-2H3,(H,23,25)(H,21,22,24). The maximum atomic E-state index is 11.6. The minimum atomic E-state index is -0.362. The van der Waals surface area contributed by atoms with Crippen molar-refractivity contribution < 1.29 is 14.3 Å². The highest BCUT2D eigenvalue weighted by Crippen LogP contribution is 2.34. The van der Waals surface area contributed by atoms with E-state index in [0.717, 1.165) is 11.1 Å². The number of hydrogen-bond donors (Lipinski definition) is 2. The van der Waals surface area contributed by atoms with Gasteiger partial charge in [0.25, 0.3) is 0 Å². The number of nitrogens with one attached hydrogen (secondary N) is 2. The van der Waals surface area contributed by atoms with E-state index in [2.05, 4.69) is 20.6 Å². The van der Waals surface area contributed by atoms with Crippen molar-refractivity contribution in [1.29, 1.82) is 5.26 Å². The fraction of sp³-hybridized carbons (Fsp3) is 0.158. The first kappa shape index (κ1) is 17.9. The molecule has 136 valence electrons. The number of anilines is 3. The molecule has 0 fully saturated rings. The van der Waals surface area contributed by atoms with Crippen molar-refractivity contribution in [2.45, 2.75) is 6.42 Å². The first-order valence-corrected chi connectivity index (χ1v) is 8.05. The Morgan fingerprint density at radius 2 is 1.85 bits per heavy atom. The Morgan fingerprint density at radius 1 is 1.11 bits per heavy atom. The van der Waals surface area contributed by atoms with Crippen LogP contribution in [0.2, 0.25) is 0 Å². The van der Waals surface area contributed by atoms with Gasteiger partial charge in [0.05, 0.1) is 25.8 Å². The van der Waals surface area contributed by atoms with Gasteiger partial charge in [-0.15, -0.1) is 0 Å². The molecule has 8 nitrogen and oxygen atoms in total. The number of hydrogen-bond acceptors (Lipinski definition) is 7. The van der Waals surface area contributed by atoms with Gasteiger partial charge in [-0.25, -0.2) is 9.97 Å². The molecule has 0 aliphatic heterocycles. The van der Waals surface area contributed by atoms with Crippen molar-refractivity contribution in [2.24, 2.45) is 0 Å². The van der Waals surface area contributed by atoms with Gasteiger partial charge in [-0.3, -0.25) is 4.79 Å². The normalized spacial score (nSPS) is 10.1. The molecule has 0 saturated carbocycles. The molecule has 3 rings (SSSR count). The fourth-order valence-corrected chi connectivity index (χ4v) is 2.57. The van der Waals surface area contributed by atoms with E-state index in [9.17, 15) is 4.79 Å². The Morgan fingerprint density at radius 3 is 2.59 bits per heavy atom. The van der Waals surface area contributed by atoms with Crippen LogP contribution in [0.3, 0.4) is 0 Å². The van der Waals surface area contributed by atoms with E-state index in [0.29, 0.717) is 28.5 Å². The third-order valence-corrected chi connectivity index (χ3v) is 3.79. The van der Waals surface area contributed by atoms with Gasteiger partial charge in [0, 0.05) is 22.8 Å². The van der Waals surface area contributed by atoms with E-state index < -0.39 is 0 Å². The zero-order valence-electron chi connectivity index (χ0n) is 14.8. The van der Waals surface area contributed by atoms with Gasteiger partial charge in [0.2, 0.25) is 5.91 Å². The zero-order valence-corrected chi connectivity index (χ0v) is 14.8. The molecule has 8 heteroatoms. The summed E-state index contributed by atoms with van der Waals surface area (Å²) in [7, 11) is 3.13. The van der Waals surface area contributed by atoms with Gasteiger partial charge in [-0.1, -0.05) is 6.07 Å². The number of amides is 1. The third kappa shape index (κ3) is 4.04. The number of ether oxygens (including phenoxy) is 2. The van der Waals surface area contributed by atoms with Crippen molar-refractivity contribution >= 4 is 34.0 Å². The van der Waals surface area contributed by atoms with Gasteiger partial charge >= 0.3 is 0 Å². The highest BCUT2D eigenvalue weighted by atomic mass is 16.5. The summed E-state index contributed by atoms with van der Waals surface area (Å²) in [4.78, 5) is 20.2. The Bertz CT molecular complexity index is 1030. The minimum Gasteiger partial charge on any atom is -0.493 e. The van der Waals surface area contributed by atoms with Crippen LogP contribution in [0.5, 0.6) is 11.5 Å². The second-order valence-electron chi connectivity index (χ2n) is 5.54. The molecule has 1 amide bonds. The van der Waals surface area contributed by atoms with Crippen molar-refractivity contribution in [1.82, 2.24) is 9.97 Å². The molecule has 1 heterocycles. The smallest absolute Gasteiger partial charge is 0.238 e. The number of fused-ring (bicyclic) bond motifs is 1. The average molecular weight is 363 g/mol. The van der Waals surface area contributed by atoms with Crippen molar-refractivity contribution in [3.05, 3.63) is 42.7 Å². The number of benzene rings is 2. The summed E-state index contributed by atoms with van der Waals surface area (Å²) in [5, 5.41) is 15.2. The summed E-state index contributed by atoms with van der Waals surface area (Å²) in [5.74, 6) is 1.37. The zero-order chi connectivity index (χ0) is 19.2. The molecule has 0 radical (unpaired) electrons. The van der Waals surface area contributed by atoms with E-state index in [1.807, 2.05) is 12.1 Å². The van der Waals surface area contributed by atoms with Crippen LogP contribution in [0.25, 0.3) is 10.9 Å². The summed E-state index contributed by atoms with van der Waals surface area (Å²) in [5.41, 5.74) is 2.00. The Balaban J connectivity index is 1.93. The molecular weight excluding hydrogens is 346 g/mol. The van der Waals surface area contributed by atoms with Crippen molar-refractivity contribution in [2.75, 3.05) is 24.9 Å². The number of methoxy groups -OCH3 is 2. The van der Waals surface area contributed by atoms with Crippen LogP contribution in [-0.2, 0) is 4.79 Å². The van der Waals surface area contributed by atoms with E-state index in [-0.39, 0.29) is 12.3 Å². The minimum absolute atomic E-state index is 0.199. The Hall–Kier alpha value is -3.86. The van der Waals surface area contributed by atoms with E-state index in [1.54, 1.807) is 44.6 Å². The summed E-state index contributed by atoms with van der Waals surface area (Å²) < 4.78 is 10.7. The molecule has 0 unspecified atom stereocenters. The number of carbonyl (C=O) groups is 1. The molecule has 0 saturated heterocycles. The number of carbonyl (C=O) groups excluding carboxylic acids is 1. The fourth-order valence-electron chi connectivity index (χ4n) is 2.57. The predicted molar refractivity (Wildman–Crippen MR) is 101 cm³/mol. The largest absolute Gasteiger partial charge is 0.493 e. The third-order valence-electron chi connectivity index (χ3n) is 3.79. The molecule has 0 spiro atoms. The maximum Gasteiger partial charge on any atom is 0.238 e. The maximum absolute atomic E-state index is 11.6. The molecule has 0 atom stereocenters. The second kappa shape index (κ2) is 8.01. The quantitative estimate of drug-likeness (QED) is 0.692. The van der Waals surface area contributed by atoms with Crippen LogP contribution < -0.4 is 20.1 Å². The topological polar surface area (TPSA) is 109 Å². The predicted octanol–water partition coefficient (Wildman–Crippen LogP) is 3.24. The van der Waals surface area contributed by atoms with Crippen LogP contribution in [0.1, 0.15) is 6.42 Å². The summed E-state index contributed by atoms with van der Waals surface area (Å²) in [6, 6.07) is 12.5. The van der Waals surface area contributed by atoms with Gasteiger partial charge in [0.1, 0.15) is 18.6 Å². The van der Waals surface area contributed by atoms with E-state index in [1.165, 1.54) is 6.33 Å². The van der Waals surface area contributed by atoms with Gasteiger partial charge in [-0.05, 0) is 24.3 Å². The van der Waals surface area contributed by atoms with Crippen molar-refractivity contribution in [3.63, 3.8) is 0 Å². The molecule has 0 aliphatic carbocycles. The highest BCUT2D eigenvalue weighted by Gasteiger charge is 2.11. The SMILES string of the molecule is COc1cc2ncnc(Nc3cccc(NC(=O)CC#N)c3)c2cc1OC. The molecule has 1 aromatic heterocycles. The molecule has 2 aromatic carbocycles. The van der Waals surface area contributed by atoms with Crippen LogP contribution in [0, 0.1) is 11.3 Å². The first-order chi connectivity index (χ1) is 13.1. The summed E-state index contributed by atoms with van der Waals surface area (Å²) >= 11 is 0. The number of aromatic nitrogens is 2. The number of rotatable bonds is 6. The molecule has 0 bridgehead atoms. The van der Waals surface area contributed by atoms with Gasteiger partial charge in [0.15, 0.2) is 11.5 Å². The molecule has 2 N–H and O–H groups in total. The van der Waals surface area contributed by atoms with E-state index in [4.69, 9.17) is 14.7 Å². The Labute approximate surface area is 155 Å². The van der Waals surface area contributed by atoms with Crippen LogP contribution >= 0.6 is 0 Å². The van der Waals surface area contributed by atoms with Crippen LogP contribution in [0.15, 0.2) is 42.7 Å². The molecule has 0 aliphatic rings. The molecular formula is C19H17N5O3. The molecule has 27 heavy (non-hydrogen) atoms. The second-order valence-corrected chi connectivity index (χ2v) is 5.54. The number of nitrogens with zero attached hydrogens (tertiary/aromatic N) is 3. The first-order valence-electron chi connectivity index (χ1n) is 8.05. The van der Waals surface area contributed by atoms with Crippen molar-refractivity contribution in [3.8, 4) is 17.6 Å². The Kier molecular flexibility index (Phi) is 5.33. The average Bonchev–Trinajstić information content (AvgIpc) is 2.67. The lowest BCUT2D eigenvalue weighted by molar-refractivity contribution is -0.115. The van der Waals surface area contributed by atoms with Gasteiger partial charge in [-0.2, -0.15) is 5.26 Å². The lowest BCUT2D eigenvalue weighted by Crippen LogP contribution is -2.10. The van der Waals surface area contributed by atoms with Crippen LogP contribution in [0.4, 0.5) is 17.2 Å². The number of nitriles is 1. The van der Waals surface area contributed by atoms with Crippen LogP contribution in [-0.4, -0.2) is 30.1 Å². The monoisotopic (exact) mass is 363 g/mol. The van der Waals surface area contributed by atoms with Gasteiger partial charge < -0.3 is 20.1 Å². The highest BCUT2D eigenvalue weighted by molar-refractivity contribution is 5.94. The lowest BCUT2D eigenvalue weighted by Gasteiger charge is -2.12. The lowest BCUT2D eigenvalue weighted by atomic mass is 10.2. The summed E-state index contributed by atoms with van der Waals surface area (Å²) in [6.45, 7) is 0. The van der Waals surface area contributed by atoms with E-state index >= 15 is 0 Å². The summed E-state index contributed by atoms with van der Waals surface area (Å²) in [6.07, 6.45) is 1.25. The molecule has 3 aromatic rings.